The lowest BCUT2D eigenvalue weighted by molar-refractivity contribution is -0.127. The van der Waals surface area contributed by atoms with E-state index in [1.165, 1.54) is 0 Å². The smallest absolute Gasteiger partial charge is 0.241 e. The van der Waals surface area contributed by atoms with Crippen LogP contribution in [0.4, 0.5) is 11.8 Å². The molecule has 19 heavy (non-hydrogen) atoms. The Hall–Kier alpha value is -1.89. The maximum absolute atomic E-state index is 11.8. The van der Waals surface area contributed by atoms with E-state index in [2.05, 4.69) is 9.97 Å². The Bertz CT molecular complexity index is 622. The molecule has 0 aromatic carbocycles. The third-order valence-corrected chi connectivity index (χ3v) is 3.69. The van der Waals surface area contributed by atoms with Crippen molar-refractivity contribution in [1.29, 1.82) is 0 Å². The van der Waals surface area contributed by atoms with Crippen LogP contribution in [0.1, 0.15) is 4.88 Å². The summed E-state index contributed by atoms with van der Waals surface area (Å²) in [6, 6.07) is 2.02. The van der Waals surface area contributed by atoms with Gasteiger partial charge in [-0.05, 0) is 13.0 Å². The first kappa shape index (κ1) is 13.5. The summed E-state index contributed by atoms with van der Waals surface area (Å²) >= 11 is 1.57. The molecule has 2 aromatic rings. The third-order valence-electron chi connectivity index (χ3n) is 2.75. The van der Waals surface area contributed by atoms with E-state index < -0.39 is 0 Å². The number of nitrogens with two attached hydrogens (primary N) is 1. The highest BCUT2D eigenvalue weighted by Gasteiger charge is 2.16. The van der Waals surface area contributed by atoms with Crippen molar-refractivity contribution >= 4 is 39.2 Å². The number of hydrogen-bond acceptors (Lipinski definition) is 6. The number of fused-ring (bicyclic) bond motifs is 1. The van der Waals surface area contributed by atoms with E-state index >= 15 is 0 Å². The van der Waals surface area contributed by atoms with Crippen LogP contribution in [0.2, 0.25) is 0 Å². The minimum absolute atomic E-state index is 0.0137. The zero-order valence-corrected chi connectivity index (χ0v) is 12.3. The van der Waals surface area contributed by atoms with Crippen LogP contribution in [0.3, 0.4) is 0 Å². The predicted molar refractivity (Wildman–Crippen MR) is 78.5 cm³/mol. The first-order valence-electron chi connectivity index (χ1n) is 5.83. The van der Waals surface area contributed by atoms with Crippen LogP contribution >= 0.6 is 11.3 Å². The van der Waals surface area contributed by atoms with E-state index in [0.29, 0.717) is 5.82 Å². The number of nitrogen functional groups attached to an aromatic ring is 1. The van der Waals surface area contributed by atoms with E-state index in [0.717, 1.165) is 15.1 Å². The molecule has 0 aliphatic heterocycles. The van der Waals surface area contributed by atoms with Gasteiger partial charge >= 0.3 is 0 Å². The second kappa shape index (κ2) is 5.00. The lowest BCUT2D eigenvalue weighted by Gasteiger charge is -2.20. The van der Waals surface area contributed by atoms with Crippen molar-refractivity contribution in [2.24, 2.45) is 0 Å². The number of hydrogen-bond donors (Lipinski definition) is 1. The van der Waals surface area contributed by atoms with Gasteiger partial charge in [0.15, 0.2) is 0 Å². The summed E-state index contributed by atoms with van der Waals surface area (Å²) in [6.45, 7) is 2.27. The Morgan fingerprint density at radius 2 is 2.05 bits per heavy atom. The van der Waals surface area contributed by atoms with Crippen molar-refractivity contribution in [2.75, 3.05) is 38.3 Å². The lowest BCUT2D eigenvalue weighted by Crippen LogP contribution is -2.34. The van der Waals surface area contributed by atoms with Crippen LogP contribution in [0, 0.1) is 6.92 Å². The molecule has 7 heteroatoms. The maximum atomic E-state index is 11.8. The molecule has 2 rings (SSSR count). The normalized spacial score (nSPS) is 10.7. The Morgan fingerprint density at radius 1 is 1.37 bits per heavy atom. The largest absolute Gasteiger partial charge is 0.368 e. The molecule has 102 valence electrons. The maximum Gasteiger partial charge on any atom is 0.241 e. The van der Waals surface area contributed by atoms with E-state index in [9.17, 15) is 4.79 Å². The molecular weight excluding hydrogens is 262 g/mol. The monoisotopic (exact) mass is 279 g/mol. The number of rotatable bonds is 3. The summed E-state index contributed by atoms with van der Waals surface area (Å²) in [5.41, 5.74) is 5.72. The molecule has 0 atom stereocenters. The fourth-order valence-electron chi connectivity index (χ4n) is 1.75. The number of aromatic nitrogens is 2. The topological polar surface area (TPSA) is 75.4 Å². The number of carbonyl (C=O) groups is 1. The molecule has 0 fully saturated rings. The number of aryl methyl sites for hydroxylation is 1. The molecule has 2 aromatic heterocycles. The fourth-order valence-corrected chi connectivity index (χ4v) is 2.63. The van der Waals surface area contributed by atoms with Gasteiger partial charge < -0.3 is 15.5 Å². The summed E-state index contributed by atoms with van der Waals surface area (Å²) in [5.74, 6) is 0.940. The molecule has 0 aliphatic carbocycles. The summed E-state index contributed by atoms with van der Waals surface area (Å²) in [7, 11) is 5.29. The van der Waals surface area contributed by atoms with Gasteiger partial charge in [-0.2, -0.15) is 4.98 Å². The standard InChI is InChI=1S/C12H17N5OS/c1-7-5-8-10(14-12(13)15-11(8)19-7)17(4)6-9(18)16(2)3/h5H,6H2,1-4H3,(H2,13,14,15). The molecule has 0 saturated heterocycles. The first-order valence-corrected chi connectivity index (χ1v) is 6.65. The molecule has 0 aliphatic rings. The zero-order chi connectivity index (χ0) is 14.2. The molecule has 0 bridgehead atoms. The highest BCUT2D eigenvalue weighted by atomic mass is 32.1. The minimum Gasteiger partial charge on any atom is -0.368 e. The molecule has 0 spiro atoms. The van der Waals surface area contributed by atoms with Crippen LogP contribution < -0.4 is 10.6 Å². The molecule has 0 radical (unpaired) electrons. The van der Waals surface area contributed by atoms with Crippen molar-refractivity contribution < 1.29 is 4.79 Å². The van der Waals surface area contributed by atoms with Gasteiger partial charge in [-0.15, -0.1) is 11.3 Å². The summed E-state index contributed by atoms with van der Waals surface area (Å²) in [4.78, 5) is 25.6. The van der Waals surface area contributed by atoms with Gasteiger partial charge in [-0.1, -0.05) is 0 Å². The number of thiophene rings is 1. The number of amides is 1. The van der Waals surface area contributed by atoms with E-state index in [1.807, 2.05) is 20.0 Å². The summed E-state index contributed by atoms with van der Waals surface area (Å²) in [5, 5.41) is 0.936. The van der Waals surface area contributed by atoms with Gasteiger partial charge in [0.2, 0.25) is 11.9 Å². The third kappa shape index (κ3) is 2.76. The molecule has 0 saturated carbocycles. The quantitative estimate of drug-likeness (QED) is 0.910. The van der Waals surface area contributed by atoms with Crippen LogP contribution in [0.5, 0.6) is 0 Å². The Kier molecular flexibility index (Phi) is 3.57. The number of nitrogens with zero attached hydrogens (tertiary/aromatic N) is 4. The van der Waals surface area contributed by atoms with Gasteiger partial charge in [-0.3, -0.25) is 4.79 Å². The highest BCUT2D eigenvalue weighted by molar-refractivity contribution is 7.18. The highest BCUT2D eigenvalue weighted by Crippen LogP contribution is 2.30. The SMILES string of the molecule is Cc1cc2c(N(C)CC(=O)N(C)C)nc(N)nc2s1. The zero-order valence-electron chi connectivity index (χ0n) is 11.5. The fraction of sp³-hybridized carbons (Fsp3) is 0.417. The van der Waals surface area contributed by atoms with Crippen molar-refractivity contribution in [1.82, 2.24) is 14.9 Å². The Balaban J connectivity index is 2.40. The van der Waals surface area contributed by atoms with Crippen molar-refractivity contribution in [3.05, 3.63) is 10.9 Å². The number of likely N-dealkylation sites (N-methyl/N-ethyl adjacent to an activating group) is 2. The molecular formula is C12H17N5OS. The van der Waals surface area contributed by atoms with Gasteiger partial charge in [0.1, 0.15) is 10.6 Å². The lowest BCUT2D eigenvalue weighted by atomic mass is 10.3. The average molecular weight is 279 g/mol. The Labute approximate surface area is 115 Å². The molecule has 2 N–H and O–H groups in total. The number of carbonyl (C=O) groups excluding carboxylic acids is 1. The number of anilines is 2. The van der Waals surface area contributed by atoms with Crippen molar-refractivity contribution in [3.63, 3.8) is 0 Å². The molecule has 2 heterocycles. The molecule has 0 unspecified atom stereocenters. The van der Waals surface area contributed by atoms with Crippen LogP contribution in [-0.4, -0.2) is 48.5 Å². The van der Waals surface area contributed by atoms with Crippen molar-refractivity contribution in [2.45, 2.75) is 6.92 Å². The second-order valence-corrected chi connectivity index (χ2v) is 5.86. The first-order chi connectivity index (χ1) is 8.88. The summed E-state index contributed by atoms with van der Waals surface area (Å²) in [6.07, 6.45) is 0. The molecule has 6 nitrogen and oxygen atoms in total. The Morgan fingerprint density at radius 3 is 2.68 bits per heavy atom. The van der Waals surface area contributed by atoms with Crippen LogP contribution in [0.15, 0.2) is 6.07 Å². The van der Waals surface area contributed by atoms with E-state index in [4.69, 9.17) is 5.73 Å². The van der Waals surface area contributed by atoms with Crippen LogP contribution in [-0.2, 0) is 4.79 Å². The minimum atomic E-state index is 0.0137. The average Bonchev–Trinajstić information content (AvgIpc) is 2.67. The van der Waals surface area contributed by atoms with Crippen LogP contribution in [0.25, 0.3) is 10.2 Å². The van der Waals surface area contributed by atoms with Gasteiger partial charge in [0, 0.05) is 26.0 Å². The van der Waals surface area contributed by atoms with Gasteiger partial charge in [0.05, 0.1) is 11.9 Å². The van der Waals surface area contributed by atoms with E-state index in [1.54, 1.807) is 35.2 Å². The summed E-state index contributed by atoms with van der Waals surface area (Å²) < 4.78 is 0. The predicted octanol–water partition coefficient (Wildman–Crippen LogP) is 1.11. The van der Waals surface area contributed by atoms with E-state index in [-0.39, 0.29) is 18.4 Å². The van der Waals surface area contributed by atoms with Gasteiger partial charge in [-0.25, -0.2) is 4.98 Å². The van der Waals surface area contributed by atoms with Gasteiger partial charge in [0.25, 0.3) is 0 Å². The van der Waals surface area contributed by atoms with Crippen molar-refractivity contribution in [3.8, 4) is 0 Å². The second-order valence-electron chi connectivity index (χ2n) is 4.63. The molecule has 1 amide bonds.